The zero-order valence-electron chi connectivity index (χ0n) is 13.2. The lowest BCUT2D eigenvalue weighted by Crippen LogP contribution is -2.43. The fraction of sp³-hybridized carbons (Fsp3) is 1.00. The summed E-state index contributed by atoms with van der Waals surface area (Å²) in [5.41, 5.74) is 0. The van der Waals surface area contributed by atoms with Gasteiger partial charge in [-0.1, -0.05) is 66.2 Å². The summed E-state index contributed by atoms with van der Waals surface area (Å²) in [5, 5.41) is 3.72. The molecule has 1 saturated heterocycles. The van der Waals surface area contributed by atoms with Gasteiger partial charge in [-0.3, -0.25) is 0 Å². The van der Waals surface area contributed by atoms with Crippen LogP contribution in [-0.2, 0) is 0 Å². The molecule has 0 saturated carbocycles. The Labute approximate surface area is 115 Å². The van der Waals surface area contributed by atoms with Crippen molar-refractivity contribution in [1.29, 1.82) is 0 Å². The van der Waals surface area contributed by atoms with Crippen LogP contribution < -0.4 is 5.32 Å². The van der Waals surface area contributed by atoms with E-state index in [0.29, 0.717) is 0 Å². The van der Waals surface area contributed by atoms with Gasteiger partial charge in [-0.2, -0.15) is 0 Å². The number of hydrogen-bond donors (Lipinski definition) is 1. The fourth-order valence-corrected chi connectivity index (χ4v) is 3.47. The molecule has 0 amide bonds. The van der Waals surface area contributed by atoms with Gasteiger partial charge in [0.2, 0.25) is 0 Å². The lowest BCUT2D eigenvalue weighted by Gasteiger charge is -2.37. The maximum absolute atomic E-state index is 3.72. The van der Waals surface area contributed by atoms with Crippen LogP contribution in [0.4, 0.5) is 0 Å². The van der Waals surface area contributed by atoms with Crippen molar-refractivity contribution in [2.45, 2.75) is 85.1 Å². The van der Waals surface area contributed by atoms with Crippen molar-refractivity contribution in [3.05, 3.63) is 0 Å². The third kappa shape index (κ3) is 5.30. The van der Waals surface area contributed by atoms with Gasteiger partial charge in [-0.15, -0.1) is 0 Å². The van der Waals surface area contributed by atoms with E-state index >= 15 is 0 Å². The summed E-state index contributed by atoms with van der Waals surface area (Å²) in [6, 6.07) is 0.773. The van der Waals surface area contributed by atoms with Crippen LogP contribution in [0.15, 0.2) is 0 Å². The molecule has 0 aromatic heterocycles. The molecule has 0 spiro atoms. The zero-order valence-corrected chi connectivity index (χ0v) is 13.2. The molecule has 1 heterocycles. The second-order valence-electron chi connectivity index (χ2n) is 6.63. The van der Waals surface area contributed by atoms with E-state index in [-0.39, 0.29) is 0 Å². The Hall–Kier alpha value is -0.0400. The van der Waals surface area contributed by atoms with Crippen LogP contribution in [0.25, 0.3) is 0 Å². The molecule has 0 radical (unpaired) electrons. The van der Waals surface area contributed by atoms with Gasteiger partial charge >= 0.3 is 0 Å². The standard InChI is InChI=1S/C17H35N/c1-5-7-9-15(10-8-6-2)16-11-12-18-17(13-16)14(3)4/h14-18H,5-13H2,1-4H3. The van der Waals surface area contributed by atoms with E-state index in [4.69, 9.17) is 0 Å². The number of piperidine rings is 1. The highest BCUT2D eigenvalue weighted by molar-refractivity contribution is 4.84. The predicted molar refractivity (Wildman–Crippen MR) is 81.9 cm³/mol. The van der Waals surface area contributed by atoms with E-state index in [2.05, 4.69) is 33.0 Å². The molecule has 0 aromatic carbocycles. The average molecular weight is 253 g/mol. The summed E-state index contributed by atoms with van der Waals surface area (Å²) in [5.74, 6) is 2.80. The van der Waals surface area contributed by atoms with Crippen LogP contribution >= 0.6 is 0 Å². The average Bonchev–Trinajstić information content (AvgIpc) is 2.39. The molecule has 0 bridgehead atoms. The fourth-order valence-electron chi connectivity index (χ4n) is 3.47. The predicted octanol–water partition coefficient (Wildman–Crippen LogP) is 5.01. The van der Waals surface area contributed by atoms with E-state index in [1.807, 2.05) is 0 Å². The number of rotatable bonds is 8. The number of unbranched alkanes of at least 4 members (excludes halogenated alkanes) is 2. The quantitative estimate of drug-likeness (QED) is 0.641. The molecular weight excluding hydrogens is 218 g/mol. The molecule has 0 aliphatic carbocycles. The summed E-state index contributed by atoms with van der Waals surface area (Å²) in [4.78, 5) is 0. The maximum Gasteiger partial charge on any atom is 0.00928 e. The molecule has 0 aromatic rings. The smallest absolute Gasteiger partial charge is 0.00928 e. The molecule has 1 aliphatic heterocycles. The molecule has 1 heteroatoms. The number of hydrogen-bond acceptors (Lipinski definition) is 1. The molecule has 1 fully saturated rings. The van der Waals surface area contributed by atoms with Gasteiger partial charge in [0, 0.05) is 6.04 Å². The molecule has 108 valence electrons. The highest BCUT2D eigenvalue weighted by atomic mass is 14.9. The Bertz CT molecular complexity index is 192. The second kappa shape index (κ2) is 8.96. The van der Waals surface area contributed by atoms with Gasteiger partial charge in [-0.05, 0) is 37.1 Å². The Morgan fingerprint density at radius 3 is 2.17 bits per heavy atom. The lowest BCUT2D eigenvalue weighted by atomic mass is 9.75. The van der Waals surface area contributed by atoms with Crippen molar-refractivity contribution in [3.8, 4) is 0 Å². The van der Waals surface area contributed by atoms with Gasteiger partial charge in [-0.25, -0.2) is 0 Å². The SMILES string of the molecule is CCCCC(CCCC)C1CCNC(C(C)C)C1. The minimum atomic E-state index is 0.773. The van der Waals surface area contributed by atoms with E-state index in [1.54, 1.807) is 0 Å². The van der Waals surface area contributed by atoms with Crippen LogP contribution in [0.3, 0.4) is 0 Å². The van der Waals surface area contributed by atoms with E-state index in [0.717, 1.165) is 23.8 Å². The van der Waals surface area contributed by atoms with Crippen LogP contribution in [-0.4, -0.2) is 12.6 Å². The molecule has 2 unspecified atom stereocenters. The van der Waals surface area contributed by atoms with Gasteiger partial charge in [0.25, 0.3) is 0 Å². The third-order valence-electron chi connectivity index (χ3n) is 4.81. The van der Waals surface area contributed by atoms with Gasteiger partial charge < -0.3 is 5.32 Å². The highest BCUT2D eigenvalue weighted by Gasteiger charge is 2.28. The van der Waals surface area contributed by atoms with Crippen molar-refractivity contribution >= 4 is 0 Å². The second-order valence-corrected chi connectivity index (χ2v) is 6.63. The Balaban J connectivity index is 2.48. The van der Waals surface area contributed by atoms with Crippen molar-refractivity contribution in [2.75, 3.05) is 6.54 Å². The summed E-state index contributed by atoms with van der Waals surface area (Å²) in [6.45, 7) is 10.6. The maximum atomic E-state index is 3.72. The summed E-state index contributed by atoms with van der Waals surface area (Å²) >= 11 is 0. The molecule has 18 heavy (non-hydrogen) atoms. The van der Waals surface area contributed by atoms with E-state index in [9.17, 15) is 0 Å². The Morgan fingerprint density at radius 2 is 1.67 bits per heavy atom. The summed E-state index contributed by atoms with van der Waals surface area (Å²) in [7, 11) is 0. The normalized spacial score (nSPS) is 25.0. The summed E-state index contributed by atoms with van der Waals surface area (Å²) < 4.78 is 0. The van der Waals surface area contributed by atoms with Crippen LogP contribution in [0.1, 0.15) is 79.1 Å². The first-order valence-corrected chi connectivity index (χ1v) is 8.42. The minimum absolute atomic E-state index is 0.773. The van der Waals surface area contributed by atoms with Gasteiger partial charge in [0.15, 0.2) is 0 Å². The van der Waals surface area contributed by atoms with Crippen LogP contribution in [0.2, 0.25) is 0 Å². The van der Waals surface area contributed by atoms with Crippen molar-refractivity contribution in [2.24, 2.45) is 17.8 Å². The first-order valence-electron chi connectivity index (χ1n) is 8.42. The van der Waals surface area contributed by atoms with Crippen molar-refractivity contribution < 1.29 is 0 Å². The molecule has 1 N–H and O–H groups in total. The van der Waals surface area contributed by atoms with Crippen molar-refractivity contribution in [1.82, 2.24) is 5.32 Å². The molecule has 2 atom stereocenters. The Morgan fingerprint density at radius 1 is 1.06 bits per heavy atom. The highest BCUT2D eigenvalue weighted by Crippen LogP contribution is 2.33. The molecular formula is C17H35N. The molecule has 1 rings (SSSR count). The first kappa shape index (κ1) is 16.0. The lowest BCUT2D eigenvalue weighted by molar-refractivity contribution is 0.174. The van der Waals surface area contributed by atoms with Gasteiger partial charge in [0.1, 0.15) is 0 Å². The zero-order chi connectivity index (χ0) is 13.4. The molecule has 1 aliphatic rings. The Kier molecular flexibility index (Phi) is 7.97. The number of nitrogens with one attached hydrogen (secondary N) is 1. The van der Waals surface area contributed by atoms with Crippen molar-refractivity contribution in [3.63, 3.8) is 0 Å². The van der Waals surface area contributed by atoms with E-state index < -0.39 is 0 Å². The van der Waals surface area contributed by atoms with Crippen LogP contribution in [0.5, 0.6) is 0 Å². The largest absolute Gasteiger partial charge is 0.314 e. The van der Waals surface area contributed by atoms with E-state index in [1.165, 1.54) is 57.9 Å². The summed E-state index contributed by atoms with van der Waals surface area (Å²) in [6.07, 6.45) is 11.4. The first-order chi connectivity index (χ1) is 8.69. The monoisotopic (exact) mass is 253 g/mol. The minimum Gasteiger partial charge on any atom is -0.314 e. The topological polar surface area (TPSA) is 12.0 Å². The van der Waals surface area contributed by atoms with Gasteiger partial charge in [0.05, 0.1) is 0 Å². The molecule has 1 nitrogen and oxygen atoms in total. The third-order valence-corrected chi connectivity index (χ3v) is 4.81. The van der Waals surface area contributed by atoms with Crippen LogP contribution in [0, 0.1) is 17.8 Å².